The number of aryl methyl sites for hydroxylation is 1. The van der Waals surface area contributed by atoms with Gasteiger partial charge < -0.3 is 25.0 Å². The normalized spacial score (nSPS) is 22.7. The summed E-state index contributed by atoms with van der Waals surface area (Å²) in [5.74, 6) is 1.40. The van der Waals surface area contributed by atoms with Crippen LogP contribution in [0.4, 0.5) is 5.69 Å². The predicted octanol–water partition coefficient (Wildman–Crippen LogP) is 2.85. The maximum atomic E-state index is 12.7. The maximum Gasteiger partial charge on any atom is 0.245 e. The number of nitrogens with zero attached hydrogens (tertiary/aromatic N) is 2. The number of rotatable bonds is 7. The molecule has 1 aliphatic rings. The minimum absolute atomic E-state index is 0. The van der Waals surface area contributed by atoms with Crippen molar-refractivity contribution in [1.82, 2.24) is 10.1 Å². The number of anilines is 1. The van der Waals surface area contributed by atoms with Gasteiger partial charge in [-0.1, -0.05) is 19.0 Å². The van der Waals surface area contributed by atoms with Gasteiger partial charge in [-0.3, -0.25) is 4.79 Å². The Labute approximate surface area is 170 Å². The van der Waals surface area contributed by atoms with Crippen molar-refractivity contribution in [3.8, 4) is 5.75 Å². The first-order valence-electron chi connectivity index (χ1n) is 9.00. The molecule has 1 aliphatic carbocycles. The lowest BCUT2D eigenvalue weighted by atomic mass is 9.54. The first kappa shape index (κ1) is 22.1. The highest BCUT2D eigenvalue weighted by atomic mass is 35.5. The summed E-state index contributed by atoms with van der Waals surface area (Å²) in [6.45, 7) is 8.41. The van der Waals surface area contributed by atoms with Gasteiger partial charge in [0.05, 0.1) is 6.10 Å². The minimum Gasteiger partial charge on any atom is -0.485 e. The number of ether oxygens (including phenoxy) is 2. The molecule has 1 amide bonds. The van der Waals surface area contributed by atoms with Crippen molar-refractivity contribution in [3.63, 3.8) is 0 Å². The summed E-state index contributed by atoms with van der Waals surface area (Å²) in [6.07, 6.45) is 0.494. The zero-order valence-corrected chi connectivity index (χ0v) is 17.3. The summed E-state index contributed by atoms with van der Waals surface area (Å²) in [5, 5.41) is 6.66. The summed E-state index contributed by atoms with van der Waals surface area (Å²) < 4.78 is 16.2. The largest absolute Gasteiger partial charge is 0.485 e. The molecule has 2 unspecified atom stereocenters. The van der Waals surface area contributed by atoms with Crippen LogP contribution in [-0.4, -0.2) is 34.3 Å². The number of hydrogen-bond acceptors (Lipinski definition) is 7. The molecular formula is C19H27ClN4O4. The Morgan fingerprint density at radius 2 is 2.04 bits per heavy atom. The van der Waals surface area contributed by atoms with Crippen molar-refractivity contribution in [2.24, 2.45) is 11.1 Å². The molecule has 154 valence electrons. The van der Waals surface area contributed by atoms with E-state index in [0.29, 0.717) is 36.2 Å². The van der Waals surface area contributed by atoms with Crippen LogP contribution in [-0.2, 0) is 16.1 Å². The van der Waals surface area contributed by atoms with Crippen LogP contribution in [0.5, 0.6) is 5.75 Å². The fourth-order valence-electron chi connectivity index (χ4n) is 3.25. The fraction of sp³-hybridized carbons (Fsp3) is 0.526. The molecule has 1 aromatic heterocycles. The lowest BCUT2D eigenvalue weighted by molar-refractivity contribution is -0.166. The molecule has 1 heterocycles. The number of amides is 1. The van der Waals surface area contributed by atoms with E-state index in [1.165, 1.54) is 0 Å². The summed E-state index contributed by atoms with van der Waals surface area (Å²) >= 11 is 0. The van der Waals surface area contributed by atoms with Crippen LogP contribution in [0.2, 0.25) is 0 Å². The highest BCUT2D eigenvalue weighted by Crippen LogP contribution is 2.50. The molecule has 0 saturated heterocycles. The summed E-state index contributed by atoms with van der Waals surface area (Å²) in [5.41, 5.74) is 5.66. The molecule has 0 aliphatic heterocycles. The van der Waals surface area contributed by atoms with Gasteiger partial charge in [-0.2, -0.15) is 4.98 Å². The molecule has 0 radical (unpaired) electrons. The van der Waals surface area contributed by atoms with Gasteiger partial charge in [0.2, 0.25) is 17.6 Å². The van der Waals surface area contributed by atoms with Gasteiger partial charge in [-0.05, 0) is 31.2 Å². The summed E-state index contributed by atoms with van der Waals surface area (Å²) in [6, 6.07) is 7.06. The molecule has 3 rings (SSSR count). The number of benzene rings is 1. The van der Waals surface area contributed by atoms with Crippen molar-refractivity contribution < 1.29 is 18.8 Å². The molecule has 8 nitrogen and oxygen atoms in total. The van der Waals surface area contributed by atoms with E-state index in [-0.39, 0.29) is 31.0 Å². The van der Waals surface area contributed by atoms with Crippen LogP contribution in [0.3, 0.4) is 0 Å². The van der Waals surface area contributed by atoms with Gasteiger partial charge in [0.1, 0.15) is 11.3 Å². The van der Waals surface area contributed by atoms with E-state index in [2.05, 4.69) is 15.5 Å². The Balaban J connectivity index is 0.00000280. The third-order valence-electron chi connectivity index (χ3n) is 5.28. The van der Waals surface area contributed by atoms with E-state index >= 15 is 0 Å². The van der Waals surface area contributed by atoms with Crippen LogP contribution in [0.15, 0.2) is 28.8 Å². The number of hydrogen-bond donors (Lipinski definition) is 2. The van der Waals surface area contributed by atoms with Crippen molar-refractivity contribution in [2.45, 2.75) is 52.4 Å². The smallest absolute Gasteiger partial charge is 0.245 e. The second-order valence-electron chi connectivity index (χ2n) is 7.34. The van der Waals surface area contributed by atoms with E-state index in [4.69, 9.17) is 19.7 Å². The van der Waals surface area contributed by atoms with Gasteiger partial charge in [-0.25, -0.2) is 0 Å². The average Bonchev–Trinajstić information content (AvgIpc) is 3.06. The molecule has 1 fully saturated rings. The Kier molecular flexibility index (Phi) is 6.69. The standard InChI is InChI=1S/C19H26N4O4.ClH/c1-5-25-15-10-19(20,18(15,3)4)17(24)22-13-6-8-14(9-7-13)26-11-16-21-12(2)27-23-16;/h6-9,15H,5,10-11,20H2,1-4H3,(H,22,24);1H. The van der Waals surface area contributed by atoms with Gasteiger partial charge >= 0.3 is 0 Å². The van der Waals surface area contributed by atoms with Gasteiger partial charge in [0, 0.05) is 31.1 Å². The molecule has 1 saturated carbocycles. The molecule has 2 aromatic rings. The first-order chi connectivity index (χ1) is 12.8. The van der Waals surface area contributed by atoms with Gasteiger partial charge in [0.25, 0.3) is 0 Å². The molecule has 2 atom stereocenters. The van der Waals surface area contributed by atoms with Crippen LogP contribution >= 0.6 is 12.4 Å². The van der Waals surface area contributed by atoms with Crippen molar-refractivity contribution >= 4 is 24.0 Å². The predicted molar refractivity (Wildman–Crippen MR) is 106 cm³/mol. The van der Waals surface area contributed by atoms with Gasteiger partial charge in [0.15, 0.2) is 6.61 Å². The summed E-state index contributed by atoms with van der Waals surface area (Å²) in [7, 11) is 0. The first-order valence-corrected chi connectivity index (χ1v) is 9.00. The van der Waals surface area contributed by atoms with E-state index in [1.807, 2.05) is 20.8 Å². The highest BCUT2D eigenvalue weighted by molar-refractivity contribution is 5.99. The molecule has 3 N–H and O–H groups in total. The minimum atomic E-state index is -0.960. The number of halogens is 1. The van der Waals surface area contributed by atoms with Gasteiger partial charge in [-0.15, -0.1) is 12.4 Å². The molecule has 0 bridgehead atoms. The number of nitrogens with one attached hydrogen (secondary N) is 1. The quantitative estimate of drug-likeness (QED) is 0.721. The molecular weight excluding hydrogens is 384 g/mol. The van der Waals surface area contributed by atoms with Crippen LogP contribution in [0, 0.1) is 12.3 Å². The van der Waals surface area contributed by atoms with Crippen molar-refractivity contribution in [2.75, 3.05) is 11.9 Å². The number of nitrogens with two attached hydrogens (primary N) is 1. The maximum absolute atomic E-state index is 12.7. The molecule has 1 aromatic carbocycles. The fourth-order valence-corrected chi connectivity index (χ4v) is 3.25. The summed E-state index contributed by atoms with van der Waals surface area (Å²) in [4.78, 5) is 16.8. The zero-order valence-electron chi connectivity index (χ0n) is 16.5. The molecule has 28 heavy (non-hydrogen) atoms. The molecule has 0 spiro atoms. The third-order valence-corrected chi connectivity index (χ3v) is 5.28. The van der Waals surface area contributed by atoms with Crippen LogP contribution < -0.4 is 15.8 Å². The Hall–Kier alpha value is -2.16. The number of aromatic nitrogens is 2. The monoisotopic (exact) mass is 410 g/mol. The highest BCUT2D eigenvalue weighted by Gasteiger charge is 2.62. The number of carbonyl (C=O) groups is 1. The van der Waals surface area contributed by atoms with Crippen LogP contribution in [0.1, 0.15) is 38.9 Å². The lowest BCUT2D eigenvalue weighted by Gasteiger charge is -2.57. The Morgan fingerprint density at radius 3 is 2.57 bits per heavy atom. The zero-order chi connectivity index (χ0) is 19.7. The number of carbonyl (C=O) groups excluding carboxylic acids is 1. The molecule has 9 heteroatoms. The SMILES string of the molecule is CCOC1CC(N)(C(=O)Nc2ccc(OCc3noc(C)n3)cc2)C1(C)C.Cl. The van der Waals surface area contributed by atoms with E-state index in [0.717, 1.165) is 0 Å². The lowest BCUT2D eigenvalue weighted by Crippen LogP contribution is -2.74. The van der Waals surface area contributed by atoms with E-state index in [9.17, 15) is 4.79 Å². The Morgan fingerprint density at radius 1 is 1.36 bits per heavy atom. The third kappa shape index (κ3) is 4.14. The van der Waals surface area contributed by atoms with E-state index in [1.54, 1.807) is 31.2 Å². The van der Waals surface area contributed by atoms with E-state index < -0.39 is 11.0 Å². The van der Waals surface area contributed by atoms with Crippen molar-refractivity contribution in [1.29, 1.82) is 0 Å². The Bertz CT molecular complexity index is 809. The van der Waals surface area contributed by atoms with Crippen molar-refractivity contribution in [3.05, 3.63) is 36.0 Å². The topological polar surface area (TPSA) is 112 Å². The second-order valence-corrected chi connectivity index (χ2v) is 7.34. The second kappa shape index (κ2) is 8.46. The average molecular weight is 411 g/mol. The van der Waals surface area contributed by atoms with Crippen LogP contribution in [0.25, 0.3) is 0 Å².